The van der Waals surface area contributed by atoms with Crippen LogP contribution in [0.5, 0.6) is 0 Å². The quantitative estimate of drug-likeness (QED) is 0.867. The van der Waals surface area contributed by atoms with Gasteiger partial charge in [0.05, 0.1) is 12.2 Å². The second kappa shape index (κ2) is 6.33. The summed E-state index contributed by atoms with van der Waals surface area (Å²) in [5.74, 6) is -0.538. The summed E-state index contributed by atoms with van der Waals surface area (Å²) in [5.41, 5.74) is 0.317. The molecule has 2 heterocycles. The number of hydrogen-bond acceptors (Lipinski definition) is 5. The number of halogens is 1. The number of rotatable bonds is 4. The maximum absolute atomic E-state index is 11.9. The number of carbonyl (C=O) groups is 2. The lowest BCUT2D eigenvalue weighted by Gasteiger charge is -2.05. The molecule has 0 aliphatic heterocycles. The Hall–Kier alpha value is -2.15. The first-order valence-electron chi connectivity index (χ1n) is 5.80. The van der Waals surface area contributed by atoms with Crippen LogP contribution in [-0.4, -0.2) is 23.5 Å². The number of esters is 1. The number of nitrogens with zero attached hydrogens (tertiary/aromatic N) is 1. The van der Waals surface area contributed by atoms with E-state index in [1.165, 1.54) is 24.4 Å². The summed E-state index contributed by atoms with van der Waals surface area (Å²) in [5, 5.41) is 2.54. The summed E-state index contributed by atoms with van der Waals surface area (Å²) in [6.07, 6.45) is 1.42. The van der Waals surface area contributed by atoms with Crippen LogP contribution in [-0.2, 0) is 4.74 Å². The lowest BCUT2D eigenvalue weighted by atomic mass is 10.2. The molecule has 7 heteroatoms. The van der Waals surface area contributed by atoms with E-state index in [-0.39, 0.29) is 18.2 Å². The van der Waals surface area contributed by atoms with Gasteiger partial charge in [0.1, 0.15) is 5.82 Å². The first-order valence-corrected chi connectivity index (χ1v) is 6.59. The third-order valence-electron chi connectivity index (χ3n) is 2.31. The van der Waals surface area contributed by atoms with Crippen LogP contribution in [0.4, 0.5) is 5.82 Å². The minimum atomic E-state index is -0.467. The summed E-state index contributed by atoms with van der Waals surface area (Å²) >= 11 is 3.11. The fourth-order valence-electron chi connectivity index (χ4n) is 1.45. The lowest BCUT2D eigenvalue weighted by molar-refractivity contribution is 0.0526. The molecule has 0 saturated carbocycles. The molecule has 2 aromatic heterocycles. The summed E-state index contributed by atoms with van der Waals surface area (Å²) in [6, 6.07) is 6.08. The molecule has 0 unspecified atom stereocenters. The van der Waals surface area contributed by atoms with Crippen molar-refractivity contribution in [2.75, 3.05) is 11.9 Å². The molecule has 1 amide bonds. The van der Waals surface area contributed by atoms with Crippen molar-refractivity contribution in [2.45, 2.75) is 6.92 Å². The van der Waals surface area contributed by atoms with E-state index in [1.54, 1.807) is 13.0 Å². The molecule has 0 radical (unpaired) electrons. The number of pyridine rings is 1. The Morgan fingerprint density at radius 1 is 1.40 bits per heavy atom. The molecule has 0 spiro atoms. The van der Waals surface area contributed by atoms with Crippen LogP contribution in [0.3, 0.4) is 0 Å². The third-order valence-corrected chi connectivity index (χ3v) is 2.74. The molecule has 2 aromatic rings. The number of ether oxygens (including phenoxy) is 1. The zero-order valence-electron chi connectivity index (χ0n) is 10.6. The Kier molecular flexibility index (Phi) is 4.52. The van der Waals surface area contributed by atoms with E-state index in [2.05, 4.69) is 26.2 Å². The fourth-order valence-corrected chi connectivity index (χ4v) is 1.76. The normalized spacial score (nSPS) is 10.1. The Morgan fingerprint density at radius 2 is 2.20 bits per heavy atom. The highest BCUT2D eigenvalue weighted by Gasteiger charge is 2.13. The molecule has 0 fully saturated rings. The average Bonchev–Trinajstić information content (AvgIpc) is 2.86. The average molecular weight is 339 g/mol. The molecular weight excluding hydrogens is 328 g/mol. The van der Waals surface area contributed by atoms with Crippen molar-refractivity contribution in [2.24, 2.45) is 0 Å². The largest absolute Gasteiger partial charge is 0.462 e. The first-order chi connectivity index (χ1) is 9.60. The maximum atomic E-state index is 11.9. The van der Waals surface area contributed by atoms with Crippen molar-refractivity contribution in [1.29, 1.82) is 0 Å². The maximum Gasteiger partial charge on any atom is 0.338 e. The molecule has 0 atom stereocenters. The number of hydrogen-bond donors (Lipinski definition) is 1. The summed E-state index contributed by atoms with van der Waals surface area (Å²) in [4.78, 5) is 27.4. The van der Waals surface area contributed by atoms with E-state index in [4.69, 9.17) is 9.15 Å². The minimum Gasteiger partial charge on any atom is -0.462 e. The SMILES string of the molecule is CCOC(=O)c1ccnc(NC(=O)c2ccc(Br)o2)c1. The highest BCUT2D eigenvalue weighted by atomic mass is 79.9. The minimum absolute atomic E-state index is 0.139. The van der Waals surface area contributed by atoms with Crippen molar-refractivity contribution in [3.8, 4) is 0 Å². The van der Waals surface area contributed by atoms with Crippen LogP contribution in [0.2, 0.25) is 0 Å². The Bertz CT molecular complexity index is 639. The molecule has 0 aliphatic carbocycles. The van der Waals surface area contributed by atoms with Crippen molar-refractivity contribution in [3.05, 3.63) is 46.5 Å². The lowest BCUT2D eigenvalue weighted by Crippen LogP contribution is -2.13. The molecule has 0 aliphatic rings. The second-order valence-corrected chi connectivity index (χ2v) is 4.49. The van der Waals surface area contributed by atoms with Crippen molar-refractivity contribution >= 4 is 33.6 Å². The molecule has 1 N–H and O–H groups in total. The predicted octanol–water partition coefficient (Wildman–Crippen LogP) is 2.87. The number of anilines is 1. The number of furan rings is 1. The van der Waals surface area contributed by atoms with E-state index in [1.807, 2.05) is 0 Å². The van der Waals surface area contributed by atoms with Crippen LogP contribution in [0.25, 0.3) is 0 Å². The van der Waals surface area contributed by atoms with Gasteiger partial charge in [0.15, 0.2) is 10.4 Å². The van der Waals surface area contributed by atoms with Crippen molar-refractivity contribution in [1.82, 2.24) is 4.98 Å². The predicted molar refractivity (Wildman–Crippen MR) is 74.6 cm³/mol. The molecule has 104 valence electrons. The van der Waals surface area contributed by atoms with Crippen molar-refractivity contribution in [3.63, 3.8) is 0 Å². The van der Waals surface area contributed by atoms with Gasteiger partial charge in [-0.3, -0.25) is 4.79 Å². The molecule has 6 nitrogen and oxygen atoms in total. The Labute approximate surface area is 123 Å². The molecule has 0 bridgehead atoms. The van der Waals surface area contributed by atoms with E-state index >= 15 is 0 Å². The fraction of sp³-hybridized carbons (Fsp3) is 0.154. The van der Waals surface area contributed by atoms with Gasteiger partial charge in [0, 0.05) is 6.20 Å². The number of aromatic nitrogens is 1. The van der Waals surface area contributed by atoms with Gasteiger partial charge in [0.25, 0.3) is 5.91 Å². The molecule has 0 saturated heterocycles. The van der Waals surface area contributed by atoms with Gasteiger partial charge in [-0.15, -0.1) is 0 Å². The van der Waals surface area contributed by atoms with E-state index in [0.717, 1.165) is 0 Å². The van der Waals surface area contributed by atoms with Crippen molar-refractivity contribution < 1.29 is 18.7 Å². The zero-order valence-corrected chi connectivity index (χ0v) is 12.1. The Morgan fingerprint density at radius 3 is 2.85 bits per heavy atom. The van der Waals surface area contributed by atoms with Gasteiger partial charge in [-0.05, 0) is 47.1 Å². The van der Waals surface area contributed by atoms with Crippen LogP contribution in [0, 0.1) is 0 Å². The number of carbonyl (C=O) groups excluding carboxylic acids is 2. The second-order valence-electron chi connectivity index (χ2n) is 3.71. The summed E-state index contributed by atoms with van der Waals surface area (Å²) in [6.45, 7) is 2.00. The highest BCUT2D eigenvalue weighted by Crippen LogP contribution is 2.16. The van der Waals surface area contributed by atoms with Crippen LogP contribution in [0.15, 0.2) is 39.5 Å². The highest BCUT2D eigenvalue weighted by molar-refractivity contribution is 9.10. The monoisotopic (exact) mass is 338 g/mol. The van der Waals surface area contributed by atoms with Crippen LogP contribution >= 0.6 is 15.9 Å². The standard InChI is InChI=1S/C13H11BrN2O4/c1-2-19-13(18)8-5-6-15-11(7-8)16-12(17)9-3-4-10(14)20-9/h3-7H,2H2,1H3,(H,15,16,17). The molecule has 20 heavy (non-hydrogen) atoms. The molecule has 2 rings (SSSR count). The third kappa shape index (κ3) is 3.45. The van der Waals surface area contributed by atoms with Gasteiger partial charge >= 0.3 is 5.97 Å². The van der Waals surface area contributed by atoms with E-state index in [0.29, 0.717) is 10.2 Å². The van der Waals surface area contributed by atoms with Gasteiger partial charge in [-0.1, -0.05) is 0 Å². The van der Waals surface area contributed by atoms with Crippen LogP contribution < -0.4 is 5.32 Å². The number of nitrogens with one attached hydrogen (secondary N) is 1. The topological polar surface area (TPSA) is 81.4 Å². The smallest absolute Gasteiger partial charge is 0.338 e. The van der Waals surface area contributed by atoms with Gasteiger partial charge in [-0.2, -0.15) is 0 Å². The zero-order chi connectivity index (χ0) is 14.5. The first kappa shape index (κ1) is 14.3. The Balaban J connectivity index is 2.12. The number of amides is 1. The van der Waals surface area contributed by atoms with E-state index < -0.39 is 11.9 Å². The van der Waals surface area contributed by atoms with Gasteiger partial charge in [0.2, 0.25) is 0 Å². The molecular formula is C13H11BrN2O4. The van der Waals surface area contributed by atoms with E-state index in [9.17, 15) is 9.59 Å². The summed E-state index contributed by atoms with van der Waals surface area (Å²) < 4.78 is 10.4. The molecule has 0 aromatic carbocycles. The van der Waals surface area contributed by atoms with Gasteiger partial charge in [-0.25, -0.2) is 9.78 Å². The summed E-state index contributed by atoms with van der Waals surface area (Å²) in [7, 11) is 0. The van der Waals surface area contributed by atoms with Crippen LogP contribution in [0.1, 0.15) is 27.8 Å². The van der Waals surface area contributed by atoms with Gasteiger partial charge < -0.3 is 14.5 Å².